The molecule has 0 bridgehead atoms. The van der Waals surface area contributed by atoms with Crippen molar-refractivity contribution < 1.29 is 4.42 Å². The number of hydrogen-bond donors (Lipinski definition) is 2. The summed E-state index contributed by atoms with van der Waals surface area (Å²) in [5.41, 5.74) is 1.31. The van der Waals surface area contributed by atoms with Crippen LogP contribution in [0.1, 0.15) is 41.2 Å². The number of aromatic nitrogens is 4. The van der Waals surface area contributed by atoms with Crippen LogP contribution in [0.5, 0.6) is 0 Å². The molecular formula is C20H28IN7OS. The van der Waals surface area contributed by atoms with E-state index in [1.807, 2.05) is 23.5 Å². The van der Waals surface area contributed by atoms with E-state index in [1.54, 1.807) is 6.26 Å². The van der Waals surface area contributed by atoms with E-state index in [9.17, 15) is 0 Å². The molecule has 30 heavy (non-hydrogen) atoms. The summed E-state index contributed by atoms with van der Waals surface area (Å²) in [5, 5.41) is 11.7. The summed E-state index contributed by atoms with van der Waals surface area (Å²) in [4.78, 5) is 17.7. The van der Waals surface area contributed by atoms with Gasteiger partial charge in [-0.05, 0) is 44.7 Å². The van der Waals surface area contributed by atoms with Gasteiger partial charge < -0.3 is 14.6 Å². The Balaban J connectivity index is 0.00000256. The summed E-state index contributed by atoms with van der Waals surface area (Å²) in [6.45, 7) is 4.29. The normalized spacial score (nSPS) is 13.6. The van der Waals surface area contributed by atoms with Gasteiger partial charge >= 0.3 is 0 Å². The maximum atomic E-state index is 5.33. The molecule has 0 unspecified atom stereocenters. The van der Waals surface area contributed by atoms with Crippen LogP contribution in [-0.2, 0) is 25.8 Å². The highest BCUT2D eigenvalue weighted by Crippen LogP contribution is 2.27. The SMILES string of the molecule is CCNC(=NCCc1nc(-c2ccco2)n[nH]1)N(C)Cc1nc2c(s1)CCCC2.I. The summed E-state index contributed by atoms with van der Waals surface area (Å²) in [5.74, 6) is 2.92. The molecule has 3 heterocycles. The molecule has 0 aliphatic heterocycles. The van der Waals surface area contributed by atoms with E-state index >= 15 is 0 Å². The van der Waals surface area contributed by atoms with E-state index in [4.69, 9.17) is 14.4 Å². The van der Waals surface area contributed by atoms with Crippen molar-refractivity contribution in [1.29, 1.82) is 0 Å². The second-order valence-corrected chi connectivity index (χ2v) is 8.28. The predicted octanol–water partition coefficient (Wildman–Crippen LogP) is 3.66. The number of aliphatic imine (C=N–C) groups is 1. The average molecular weight is 541 g/mol. The molecule has 0 fully saturated rings. The lowest BCUT2D eigenvalue weighted by atomic mass is 10.0. The van der Waals surface area contributed by atoms with Crippen LogP contribution in [0.25, 0.3) is 11.6 Å². The van der Waals surface area contributed by atoms with E-state index in [0.717, 1.165) is 31.3 Å². The van der Waals surface area contributed by atoms with Crippen molar-refractivity contribution in [1.82, 2.24) is 30.4 Å². The van der Waals surface area contributed by atoms with Crippen LogP contribution >= 0.6 is 35.3 Å². The first kappa shape index (κ1) is 22.7. The van der Waals surface area contributed by atoms with Gasteiger partial charge in [0, 0.05) is 31.4 Å². The van der Waals surface area contributed by atoms with Crippen molar-refractivity contribution >= 4 is 41.3 Å². The van der Waals surface area contributed by atoms with Gasteiger partial charge in [0.15, 0.2) is 11.7 Å². The largest absolute Gasteiger partial charge is 0.461 e. The number of aromatic amines is 1. The molecule has 0 spiro atoms. The highest BCUT2D eigenvalue weighted by molar-refractivity contribution is 14.0. The van der Waals surface area contributed by atoms with Crippen molar-refractivity contribution in [3.8, 4) is 11.6 Å². The number of nitrogens with one attached hydrogen (secondary N) is 2. The minimum atomic E-state index is 0. The Bertz CT molecular complexity index is 927. The lowest BCUT2D eigenvalue weighted by Gasteiger charge is -2.20. The fraction of sp³-hybridized carbons (Fsp3) is 0.500. The maximum absolute atomic E-state index is 5.33. The Morgan fingerprint density at radius 3 is 2.97 bits per heavy atom. The molecule has 8 nitrogen and oxygen atoms in total. The van der Waals surface area contributed by atoms with Gasteiger partial charge in [0.05, 0.1) is 18.5 Å². The molecule has 3 aromatic rings. The number of aryl methyl sites for hydroxylation is 2. The summed E-state index contributed by atoms with van der Waals surface area (Å²) in [7, 11) is 2.06. The monoisotopic (exact) mass is 541 g/mol. The third-order valence-electron chi connectivity index (χ3n) is 4.84. The fourth-order valence-corrected chi connectivity index (χ4v) is 4.62. The van der Waals surface area contributed by atoms with Gasteiger partial charge in [-0.1, -0.05) is 0 Å². The quantitative estimate of drug-likeness (QED) is 0.270. The number of halogens is 1. The molecule has 4 rings (SSSR count). The first-order chi connectivity index (χ1) is 14.2. The van der Waals surface area contributed by atoms with E-state index < -0.39 is 0 Å². The smallest absolute Gasteiger partial charge is 0.216 e. The van der Waals surface area contributed by atoms with Crippen LogP contribution in [0, 0.1) is 0 Å². The molecule has 0 amide bonds. The molecule has 0 saturated heterocycles. The standard InChI is InChI=1S/C20H27N7OS.HI/c1-3-21-20(27(2)13-18-23-14-7-4-5-9-16(14)29-18)22-11-10-17-24-19(26-25-17)15-8-6-12-28-15;/h6,8,12H,3-5,7,9-11,13H2,1-2H3,(H,21,22)(H,24,25,26);1H. The number of H-pyrrole nitrogens is 1. The van der Waals surface area contributed by atoms with Gasteiger partial charge in [-0.15, -0.1) is 35.3 Å². The van der Waals surface area contributed by atoms with Gasteiger partial charge in [-0.25, -0.2) is 9.97 Å². The highest BCUT2D eigenvalue weighted by Gasteiger charge is 2.17. The van der Waals surface area contributed by atoms with Crippen LogP contribution < -0.4 is 5.32 Å². The lowest BCUT2D eigenvalue weighted by molar-refractivity contribution is 0.474. The molecule has 162 valence electrons. The van der Waals surface area contributed by atoms with E-state index in [-0.39, 0.29) is 24.0 Å². The Morgan fingerprint density at radius 1 is 1.33 bits per heavy atom. The third-order valence-corrected chi connectivity index (χ3v) is 5.98. The Morgan fingerprint density at radius 2 is 2.20 bits per heavy atom. The van der Waals surface area contributed by atoms with Crippen molar-refractivity contribution in [3.05, 3.63) is 39.8 Å². The minimum absolute atomic E-state index is 0. The molecule has 1 aliphatic rings. The zero-order valence-electron chi connectivity index (χ0n) is 17.3. The number of rotatable bonds is 7. The summed E-state index contributed by atoms with van der Waals surface area (Å²) in [6.07, 6.45) is 7.16. The summed E-state index contributed by atoms with van der Waals surface area (Å²) >= 11 is 1.85. The Hall–Kier alpha value is -1.95. The number of furan rings is 1. The molecular weight excluding hydrogens is 513 g/mol. The average Bonchev–Trinajstić information content (AvgIpc) is 3.46. The summed E-state index contributed by atoms with van der Waals surface area (Å²) in [6, 6.07) is 3.67. The van der Waals surface area contributed by atoms with Gasteiger partial charge in [0.1, 0.15) is 10.8 Å². The molecule has 0 saturated carbocycles. The molecule has 10 heteroatoms. The third kappa shape index (κ3) is 5.60. The first-order valence-corrected chi connectivity index (χ1v) is 11.0. The highest BCUT2D eigenvalue weighted by atomic mass is 127. The molecule has 2 N–H and O–H groups in total. The van der Waals surface area contributed by atoms with Gasteiger partial charge in [0.2, 0.25) is 5.82 Å². The lowest BCUT2D eigenvalue weighted by Crippen LogP contribution is -2.38. The van der Waals surface area contributed by atoms with Crippen LogP contribution in [0.3, 0.4) is 0 Å². The van der Waals surface area contributed by atoms with Crippen molar-refractivity contribution in [2.45, 2.75) is 45.6 Å². The Labute approximate surface area is 197 Å². The van der Waals surface area contributed by atoms with Crippen LogP contribution in [0.15, 0.2) is 27.8 Å². The number of fused-ring (bicyclic) bond motifs is 1. The summed E-state index contributed by atoms with van der Waals surface area (Å²) < 4.78 is 5.33. The number of nitrogens with zero attached hydrogens (tertiary/aromatic N) is 5. The fourth-order valence-electron chi connectivity index (χ4n) is 3.41. The van der Waals surface area contributed by atoms with E-state index in [2.05, 4.69) is 39.4 Å². The second-order valence-electron chi connectivity index (χ2n) is 7.11. The molecule has 0 radical (unpaired) electrons. The molecule has 1 aliphatic carbocycles. The molecule has 0 atom stereocenters. The van der Waals surface area contributed by atoms with Gasteiger partial charge in [0.25, 0.3) is 0 Å². The topological polar surface area (TPSA) is 95.2 Å². The molecule has 3 aromatic heterocycles. The van der Waals surface area contributed by atoms with Gasteiger partial charge in [-0.3, -0.25) is 10.1 Å². The number of hydrogen-bond acceptors (Lipinski definition) is 6. The minimum Gasteiger partial charge on any atom is -0.461 e. The molecule has 0 aromatic carbocycles. The second kappa shape index (κ2) is 10.9. The maximum Gasteiger partial charge on any atom is 0.216 e. The van der Waals surface area contributed by atoms with Crippen molar-refractivity contribution in [2.75, 3.05) is 20.1 Å². The Kier molecular flexibility index (Phi) is 8.25. The van der Waals surface area contributed by atoms with Crippen molar-refractivity contribution in [2.24, 2.45) is 4.99 Å². The first-order valence-electron chi connectivity index (χ1n) is 10.1. The van der Waals surface area contributed by atoms with Crippen LogP contribution in [0.4, 0.5) is 0 Å². The van der Waals surface area contributed by atoms with Crippen LogP contribution in [0.2, 0.25) is 0 Å². The zero-order valence-corrected chi connectivity index (χ0v) is 20.5. The van der Waals surface area contributed by atoms with E-state index in [0.29, 0.717) is 24.6 Å². The number of thiazole rings is 1. The van der Waals surface area contributed by atoms with E-state index in [1.165, 1.54) is 34.8 Å². The number of guanidine groups is 1. The van der Waals surface area contributed by atoms with Crippen LogP contribution in [-0.4, -0.2) is 51.2 Å². The van der Waals surface area contributed by atoms with Crippen molar-refractivity contribution in [3.63, 3.8) is 0 Å². The van der Waals surface area contributed by atoms with Gasteiger partial charge in [-0.2, -0.15) is 5.10 Å². The predicted molar refractivity (Wildman–Crippen MR) is 129 cm³/mol. The zero-order chi connectivity index (χ0) is 20.1.